The predicted molar refractivity (Wildman–Crippen MR) is 67.8 cm³/mol. The van der Waals surface area contributed by atoms with Gasteiger partial charge in [-0.1, -0.05) is 20.3 Å². The first-order valence-corrected chi connectivity index (χ1v) is 6.39. The van der Waals surface area contributed by atoms with E-state index in [1.165, 1.54) is 0 Å². The second-order valence-electron chi connectivity index (χ2n) is 4.90. The predicted octanol–water partition coefficient (Wildman–Crippen LogP) is 2.52. The third kappa shape index (κ3) is 6.97. The molecule has 0 rings (SSSR count). The zero-order valence-corrected chi connectivity index (χ0v) is 11.4. The van der Waals surface area contributed by atoms with E-state index < -0.39 is 5.97 Å². The van der Waals surface area contributed by atoms with Crippen molar-refractivity contribution in [2.75, 3.05) is 6.54 Å². The Kier molecular flexibility index (Phi) is 7.59. The van der Waals surface area contributed by atoms with Crippen LogP contribution in [0.2, 0.25) is 0 Å². The largest absolute Gasteiger partial charge is 0.481 e. The van der Waals surface area contributed by atoms with Gasteiger partial charge in [0.05, 0.1) is 0 Å². The second kappa shape index (κ2) is 8.09. The molecule has 0 heterocycles. The second-order valence-corrected chi connectivity index (χ2v) is 4.90. The van der Waals surface area contributed by atoms with E-state index in [1.807, 2.05) is 13.8 Å². The molecular formula is C13H25NO3. The maximum atomic E-state index is 12.0. The van der Waals surface area contributed by atoms with Crippen LogP contribution in [0.3, 0.4) is 0 Å². The smallest absolute Gasteiger partial charge is 0.303 e. The van der Waals surface area contributed by atoms with Crippen molar-refractivity contribution >= 4 is 11.9 Å². The number of nitrogens with zero attached hydrogens (tertiary/aromatic N) is 1. The molecule has 0 fully saturated rings. The van der Waals surface area contributed by atoms with Gasteiger partial charge >= 0.3 is 5.97 Å². The first-order valence-electron chi connectivity index (χ1n) is 6.39. The molecule has 1 unspecified atom stereocenters. The highest BCUT2D eigenvalue weighted by Gasteiger charge is 2.18. The van der Waals surface area contributed by atoms with Gasteiger partial charge in [0.2, 0.25) is 5.91 Å². The first kappa shape index (κ1) is 15.9. The lowest BCUT2D eigenvalue weighted by Gasteiger charge is -2.27. The Morgan fingerprint density at radius 3 is 2.24 bits per heavy atom. The summed E-state index contributed by atoms with van der Waals surface area (Å²) in [5.41, 5.74) is 0. The Hall–Kier alpha value is -1.06. The molecule has 0 spiro atoms. The van der Waals surface area contributed by atoms with Crippen LogP contribution in [0.1, 0.15) is 53.4 Å². The molecule has 0 aliphatic heterocycles. The molecule has 4 nitrogen and oxygen atoms in total. The summed E-state index contributed by atoms with van der Waals surface area (Å²) in [6, 6.07) is 0.139. The van der Waals surface area contributed by atoms with Gasteiger partial charge in [-0.25, -0.2) is 0 Å². The van der Waals surface area contributed by atoms with Gasteiger partial charge in [0.15, 0.2) is 0 Å². The minimum Gasteiger partial charge on any atom is -0.481 e. The van der Waals surface area contributed by atoms with Gasteiger partial charge in [-0.15, -0.1) is 0 Å². The van der Waals surface area contributed by atoms with Crippen molar-refractivity contribution in [3.8, 4) is 0 Å². The van der Waals surface area contributed by atoms with Gasteiger partial charge in [-0.2, -0.15) is 0 Å². The molecule has 0 radical (unpaired) electrons. The van der Waals surface area contributed by atoms with Gasteiger partial charge in [0.1, 0.15) is 0 Å². The van der Waals surface area contributed by atoms with Crippen molar-refractivity contribution in [2.45, 2.75) is 59.4 Å². The summed E-state index contributed by atoms with van der Waals surface area (Å²) in [7, 11) is 0. The molecule has 1 atom stereocenters. The molecule has 0 aliphatic carbocycles. The highest BCUT2D eigenvalue weighted by atomic mass is 16.4. The Morgan fingerprint density at radius 2 is 1.82 bits per heavy atom. The molecule has 0 aromatic heterocycles. The van der Waals surface area contributed by atoms with Crippen LogP contribution in [0, 0.1) is 5.92 Å². The first-order chi connectivity index (χ1) is 7.88. The molecular weight excluding hydrogens is 218 g/mol. The van der Waals surface area contributed by atoms with E-state index in [9.17, 15) is 9.59 Å². The summed E-state index contributed by atoms with van der Waals surface area (Å²) in [5, 5.41) is 8.58. The van der Waals surface area contributed by atoms with Crippen LogP contribution in [0.25, 0.3) is 0 Å². The number of carboxylic acids is 1. The number of aliphatic carboxylic acids is 1. The van der Waals surface area contributed by atoms with Crippen LogP contribution < -0.4 is 0 Å². The van der Waals surface area contributed by atoms with E-state index in [-0.39, 0.29) is 18.4 Å². The molecule has 0 saturated carbocycles. The van der Waals surface area contributed by atoms with Crippen LogP contribution in [0.4, 0.5) is 0 Å². The molecule has 0 saturated heterocycles. The molecule has 100 valence electrons. The van der Waals surface area contributed by atoms with Crippen LogP contribution in [0.15, 0.2) is 0 Å². The number of hydrogen-bond donors (Lipinski definition) is 1. The molecule has 0 bridgehead atoms. The minimum atomic E-state index is -0.803. The SMILES string of the molecule is CCC(C)CC(=O)N(CCCC(=O)O)C(C)C. The van der Waals surface area contributed by atoms with E-state index >= 15 is 0 Å². The number of hydrogen-bond acceptors (Lipinski definition) is 2. The minimum absolute atomic E-state index is 0.125. The molecule has 17 heavy (non-hydrogen) atoms. The number of amides is 1. The summed E-state index contributed by atoms with van der Waals surface area (Å²) < 4.78 is 0. The van der Waals surface area contributed by atoms with Crippen molar-refractivity contribution in [3.05, 3.63) is 0 Å². The summed E-state index contributed by atoms with van der Waals surface area (Å²) in [6.07, 6.45) is 2.20. The molecule has 0 aliphatic rings. The number of carbonyl (C=O) groups is 2. The van der Waals surface area contributed by atoms with Gasteiger partial charge < -0.3 is 10.0 Å². The third-order valence-electron chi connectivity index (χ3n) is 2.95. The monoisotopic (exact) mass is 243 g/mol. The van der Waals surface area contributed by atoms with Crippen LogP contribution in [-0.4, -0.2) is 34.5 Å². The number of rotatable bonds is 8. The Bertz CT molecular complexity index is 251. The van der Waals surface area contributed by atoms with Crippen molar-refractivity contribution in [3.63, 3.8) is 0 Å². The van der Waals surface area contributed by atoms with E-state index in [4.69, 9.17) is 5.11 Å². The summed E-state index contributed by atoms with van der Waals surface area (Å²) in [4.78, 5) is 24.2. The third-order valence-corrected chi connectivity index (χ3v) is 2.95. The van der Waals surface area contributed by atoms with Crippen LogP contribution in [-0.2, 0) is 9.59 Å². The molecule has 0 aromatic carbocycles. The lowest BCUT2D eigenvalue weighted by molar-refractivity contribution is -0.138. The van der Waals surface area contributed by atoms with Crippen molar-refractivity contribution < 1.29 is 14.7 Å². The average Bonchev–Trinajstić information content (AvgIpc) is 2.22. The quantitative estimate of drug-likeness (QED) is 0.712. The van der Waals surface area contributed by atoms with Crippen molar-refractivity contribution in [1.82, 2.24) is 4.90 Å². The Balaban J connectivity index is 4.22. The summed E-state index contributed by atoms with van der Waals surface area (Å²) >= 11 is 0. The summed E-state index contributed by atoms with van der Waals surface area (Å²) in [5.74, 6) is -0.272. The zero-order chi connectivity index (χ0) is 13.4. The average molecular weight is 243 g/mol. The number of carboxylic acid groups (broad SMARTS) is 1. The molecule has 0 aromatic rings. The van der Waals surface area contributed by atoms with Gasteiger partial charge in [-0.05, 0) is 26.2 Å². The lowest BCUT2D eigenvalue weighted by atomic mass is 10.0. The fraction of sp³-hybridized carbons (Fsp3) is 0.846. The Labute approximate surface area is 104 Å². The fourth-order valence-corrected chi connectivity index (χ4v) is 1.63. The van der Waals surface area contributed by atoms with E-state index in [0.29, 0.717) is 25.3 Å². The molecule has 4 heteroatoms. The van der Waals surface area contributed by atoms with E-state index in [0.717, 1.165) is 6.42 Å². The summed E-state index contributed by atoms with van der Waals surface area (Å²) in [6.45, 7) is 8.61. The number of carbonyl (C=O) groups excluding carboxylic acids is 1. The Morgan fingerprint density at radius 1 is 1.24 bits per heavy atom. The molecule has 1 amide bonds. The standard InChI is InChI=1S/C13H25NO3/c1-5-11(4)9-12(15)14(10(2)3)8-6-7-13(16)17/h10-11H,5-9H2,1-4H3,(H,16,17). The maximum Gasteiger partial charge on any atom is 0.303 e. The topological polar surface area (TPSA) is 57.6 Å². The maximum absolute atomic E-state index is 12.0. The highest BCUT2D eigenvalue weighted by Crippen LogP contribution is 2.12. The normalized spacial score (nSPS) is 12.5. The van der Waals surface area contributed by atoms with E-state index in [2.05, 4.69) is 13.8 Å². The van der Waals surface area contributed by atoms with Gasteiger partial charge in [0.25, 0.3) is 0 Å². The molecule has 1 N–H and O–H groups in total. The van der Waals surface area contributed by atoms with Crippen molar-refractivity contribution in [2.24, 2.45) is 5.92 Å². The fourth-order valence-electron chi connectivity index (χ4n) is 1.63. The highest BCUT2D eigenvalue weighted by molar-refractivity contribution is 5.76. The zero-order valence-electron chi connectivity index (χ0n) is 11.4. The van der Waals surface area contributed by atoms with Crippen molar-refractivity contribution in [1.29, 1.82) is 0 Å². The van der Waals surface area contributed by atoms with Crippen LogP contribution >= 0.6 is 0 Å². The van der Waals surface area contributed by atoms with Crippen LogP contribution in [0.5, 0.6) is 0 Å². The van der Waals surface area contributed by atoms with E-state index in [1.54, 1.807) is 4.90 Å². The van der Waals surface area contributed by atoms with Gasteiger partial charge in [0, 0.05) is 25.4 Å². The lowest BCUT2D eigenvalue weighted by Crippen LogP contribution is -2.38. The van der Waals surface area contributed by atoms with Gasteiger partial charge in [-0.3, -0.25) is 9.59 Å².